The molecule has 0 aliphatic rings. The van der Waals surface area contributed by atoms with Gasteiger partial charge in [-0.2, -0.15) is 0 Å². The van der Waals surface area contributed by atoms with Gasteiger partial charge in [-0.05, 0) is 42.2 Å². The van der Waals surface area contributed by atoms with E-state index >= 15 is 0 Å². The average molecular weight is 395 g/mol. The fourth-order valence-electron chi connectivity index (χ4n) is 2.86. The Balaban J connectivity index is 1.66. The topological polar surface area (TPSA) is 51.2 Å². The van der Waals surface area contributed by atoms with Crippen LogP contribution in [0.25, 0.3) is 10.6 Å². The highest BCUT2D eigenvalue weighted by molar-refractivity contribution is 7.13. The Morgan fingerprint density at radius 2 is 1.82 bits per heavy atom. The summed E-state index contributed by atoms with van der Waals surface area (Å²) in [5, 5.41) is 5.74. The van der Waals surface area contributed by atoms with Crippen LogP contribution in [-0.2, 0) is 16.6 Å². The van der Waals surface area contributed by atoms with Gasteiger partial charge in [-0.3, -0.25) is 4.79 Å². The van der Waals surface area contributed by atoms with E-state index in [1.807, 2.05) is 48.7 Å². The van der Waals surface area contributed by atoms with Gasteiger partial charge in [-0.25, -0.2) is 4.98 Å². The summed E-state index contributed by atoms with van der Waals surface area (Å²) in [5.74, 6) is 0.743. The molecule has 0 unspecified atom stereocenters. The first-order valence-electron chi connectivity index (χ1n) is 9.44. The summed E-state index contributed by atoms with van der Waals surface area (Å²) >= 11 is 1.52. The Hall–Kier alpha value is -2.66. The largest absolute Gasteiger partial charge is 0.493 e. The molecule has 0 aliphatic carbocycles. The Kier molecular flexibility index (Phi) is 6.15. The van der Waals surface area contributed by atoms with E-state index in [-0.39, 0.29) is 17.7 Å². The Morgan fingerprint density at radius 1 is 1.11 bits per heavy atom. The summed E-state index contributed by atoms with van der Waals surface area (Å²) in [7, 11) is 0. The van der Waals surface area contributed by atoms with Crippen molar-refractivity contribution in [1.82, 2.24) is 4.98 Å². The number of carbonyl (C=O) groups excluding carboxylic acids is 1. The van der Waals surface area contributed by atoms with Crippen molar-refractivity contribution >= 4 is 22.9 Å². The molecule has 146 valence electrons. The SMILES string of the molecule is CCOc1ccccc1-c1nc(CC(=O)Nc2ccc(C(C)(C)C)cc2)cs1. The standard InChI is InChI=1S/C23H26N2O2S/c1-5-27-20-9-7-6-8-19(20)22-25-18(15-28-22)14-21(26)24-17-12-10-16(11-13-17)23(2,3)4/h6-13,15H,5,14H2,1-4H3,(H,24,26). The fourth-order valence-corrected chi connectivity index (χ4v) is 3.71. The van der Waals surface area contributed by atoms with Crippen LogP contribution in [0, 0.1) is 0 Å². The van der Waals surface area contributed by atoms with Crippen LogP contribution < -0.4 is 10.1 Å². The van der Waals surface area contributed by atoms with Gasteiger partial charge in [-0.15, -0.1) is 11.3 Å². The Bertz CT molecular complexity index is 940. The van der Waals surface area contributed by atoms with Gasteiger partial charge in [0.15, 0.2) is 0 Å². The first-order chi connectivity index (χ1) is 13.4. The molecular weight excluding hydrogens is 368 g/mol. The van der Waals surface area contributed by atoms with Gasteiger partial charge in [0.25, 0.3) is 0 Å². The lowest BCUT2D eigenvalue weighted by atomic mass is 9.87. The van der Waals surface area contributed by atoms with Crippen molar-refractivity contribution in [2.24, 2.45) is 0 Å². The monoisotopic (exact) mass is 394 g/mol. The number of ether oxygens (including phenoxy) is 1. The molecule has 4 nitrogen and oxygen atoms in total. The number of hydrogen-bond acceptors (Lipinski definition) is 4. The normalized spacial score (nSPS) is 11.3. The van der Waals surface area contributed by atoms with Gasteiger partial charge in [0.1, 0.15) is 10.8 Å². The molecule has 0 bridgehead atoms. The van der Waals surface area contributed by atoms with Crippen molar-refractivity contribution in [2.45, 2.75) is 39.5 Å². The van der Waals surface area contributed by atoms with E-state index in [9.17, 15) is 4.79 Å². The van der Waals surface area contributed by atoms with Crippen LogP contribution in [0.3, 0.4) is 0 Å². The van der Waals surface area contributed by atoms with Gasteiger partial charge < -0.3 is 10.1 Å². The third-order valence-corrected chi connectivity index (χ3v) is 5.27. The van der Waals surface area contributed by atoms with Crippen LogP contribution in [0.5, 0.6) is 5.75 Å². The lowest BCUT2D eigenvalue weighted by molar-refractivity contribution is -0.115. The molecule has 3 aromatic rings. The molecule has 28 heavy (non-hydrogen) atoms. The van der Waals surface area contributed by atoms with E-state index in [1.165, 1.54) is 16.9 Å². The van der Waals surface area contributed by atoms with E-state index in [2.05, 4.69) is 43.2 Å². The number of rotatable bonds is 6. The summed E-state index contributed by atoms with van der Waals surface area (Å²) in [5.41, 5.74) is 3.85. The van der Waals surface area contributed by atoms with Crippen LogP contribution in [0.15, 0.2) is 53.9 Å². The number of hydrogen-bond donors (Lipinski definition) is 1. The van der Waals surface area contributed by atoms with Crippen molar-refractivity contribution in [3.05, 3.63) is 65.2 Å². The van der Waals surface area contributed by atoms with Gasteiger partial charge >= 0.3 is 0 Å². The molecule has 0 radical (unpaired) electrons. The van der Waals surface area contributed by atoms with Crippen molar-refractivity contribution in [1.29, 1.82) is 0 Å². The third-order valence-electron chi connectivity index (χ3n) is 4.35. The second kappa shape index (κ2) is 8.57. The predicted octanol–water partition coefficient (Wildman–Crippen LogP) is 5.69. The Labute approximate surface area is 170 Å². The van der Waals surface area contributed by atoms with Crippen LogP contribution >= 0.6 is 11.3 Å². The number of benzene rings is 2. The highest BCUT2D eigenvalue weighted by atomic mass is 32.1. The van der Waals surface area contributed by atoms with Crippen molar-refractivity contribution in [3.8, 4) is 16.3 Å². The van der Waals surface area contributed by atoms with Gasteiger partial charge in [-0.1, -0.05) is 45.0 Å². The number of carbonyl (C=O) groups is 1. The molecule has 1 N–H and O–H groups in total. The summed E-state index contributed by atoms with van der Waals surface area (Å²) < 4.78 is 5.68. The van der Waals surface area contributed by atoms with Crippen LogP contribution in [0.4, 0.5) is 5.69 Å². The maximum absolute atomic E-state index is 12.4. The summed E-state index contributed by atoms with van der Waals surface area (Å²) in [6.07, 6.45) is 0.244. The maximum Gasteiger partial charge on any atom is 0.230 e. The second-order valence-corrected chi connectivity index (χ2v) is 8.48. The zero-order chi connectivity index (χ0) is 20.1. The minimum absolute atomic E-state index is 0.0709. The molecule has 0 saturated heterocycles. The first kappa shape index (κ1) is 20.1. The number of amides is 1. The molecule has 0 fully saturated rings. The number of nitrogens with one attached hydrogen (secondary N) is 1. The van der Waals surface area contributed by atoms with Gasteiger partial charge in [0.05, 0.1) is 24.3 Å². The Morgan fingerprint density at radius 3 is 2.50 bits per heavy atom. The highest BCUT2D eigenvalue weighted by Gasteiger charge is 2.14. The third kappa shape index (κ3) is 4.98. The molecular formula is C23H26N2O2S. The van der Waals surface area contributed by atoms with Crippen LogP contribution in [0.1, 0.15) is 39.0 Å². The number of thiazole rings is 1. The molecule has 0 saturated carbocycles. The van der Waals surface area contributed by atoms with Crippen molar-refractivity contribution in [2.75, 3.05) is 11.9 Å². The molecule has 0 atom stereocenters. The smallest absolute Gasteiger partial charge is 0.230 e. The number of para-hydroxylation sites is 1. The number of aromatic nitrogens is 1. The lowest BCUT2D eigenvalue weighted by Crippen LogP contribution is -2.15. The predicted molar refractivity (Wildman–Crippen MR) is 116 cm³/mol. The molecule has 2 aromatic carbocycles. The summed E-state index contributed by atoms with van der Waals surface area (Å²) in [6, 6.07) is 15.8. The second-order valence-electron chi connectivity index (χ2n) is 7.63. The first-order valence-corrected chi connectivity index (χ1v) is 10.3. The molecule has 5 heteroatoms. The van der Waals surface area contributed by atoms with E-state index in [1.54, 1.807) is 0 Å². The van der Waals surface area contributed by atoms with E-state index in [0.717, 1.165) is 27.7 Å². The minimum atomic E-state index is -0.0709. The van der Waals surface area contributed by atoms with Crippen LogP contribution in [-0.4, -0.2) is 17.5 Å². The number of nitrogens with zero attached hydrogens (tertiary/aromatic N) is 1. The lowest BCUT2D eigenvalue weighted by Gasteiger charge is -2.19. The van der Waals surface area contributed by atoms with Crippen molar-refractivity contribution < 1.29 is 9.53 Å². The molecule has 1 aromatic heterocycles. The molecule has 3 rings (SSSR count). The number of anilines is 1. The maximum atomic E-state index is 12.4. The zero-order valence-electron chi connectivity index (χ0n) is 16.8. The zero-order valence-corrected chi connectivity index (χ0v) is 17.6. The van der Waals surface area contributed by atoms with E-state index in [4.69, 9.17) is 4.74 Å². The molecule has 0 spiro atoms. The highest BCUT2D eigenvalue weighted by Crippen LogP contribution is 2.32. The van der Waals surface area contributed by atoms with Gasteiger partial charge in [0.2, 0.25) is 5.91 Å². The average Bonchev–Trinajstić information content (AvgIpc) is 3.10. The van der Waals surface area contributed by atoms with E-state index in [0.29, 0.717) is 6.61 Å². The van der Waals surface area contributed by atoms with Crippen LogP contribution in [0.2, 0.25) is 0 Å². The molecule has 0 aliphatic heterocycles. The molecule has 1 amide bonds. The summed E-state index contributed by atoms with van der Waals surface area (Å²) in [4.78, 5) is 17.0. The fraction of sp³-hybridized carbons (Fsp3) is 0.304. The van der Waals surface area contributed by atoms with E-state index < -0.39 is 0 Å². The minimum Gasteiger partial charge on any atom is -0.493 e. The van der Waals surface area contributed by atoms with Crippen molar-refractivity contribution in [3.63, 3.8) is 0 Å². The summed E-state index contributed by atoms with van der Waals surface area (Å²) in [6.45, 7) is 9.08. The quantitative estimate of drug-likeness (QED) is 0.584. The molecule has 1 heterocycles. The van der Waals surface area contributed by atoms with Gasteiger partial charge in [0, 0.05) is 11.1 Å².